The minimum Gasteiger partial charge on any atom is -0.486 e. The Morgan fingerprint density at radius 1 is 1.10 bits per heavy atom. The van der Waals surface area contributed by atoms with Gasteiger partial charge in [0.2, 0.25) is 0 Å². The summed E-state index contributed by atoms with van der Waals surface area (Å²) in [5, 5.41) is 0. The molecule has 1 aliphatic rings. The van der Waals surface area contributed by atoms with Gasteiger partial charge in [-0.3, -0.25) is 14.0 Å². The van der Waals surface area contributed by atoms with Crippen LogP contribution in [0.25, 0.3) is 15.2 Å². The van der Waals surface area contributed by atoms with E-state index in [1.54, 1.807) is 4.40 Å². The molecule has 30 heavy (non-hydrogen) atoms. The maximum absolute atomic E-state index is 12.5. The molecule has 2 aromatic heterocycles. The van der Waals surface area contributed by atoms with Gasteiger partial charge in [0.05, 0.1) is 15.9 Å². The molecule has 4 aromatic rings. The normalized spacial score (nSPS) is 12.9. The number of benzene rings is 2. The molecule has 0 aliphatic carbocycles. The van der Waals surface area contributed by atoms with Crippen LogP contribution in [0.15, 0.2) is 53.3 Å². The van der Waals surface area contributed by atoms with E-state index in [0.29, 0.717) is 36.0 Å². The van der Waals surface area contributed by atoms with E-state index in [0.717, 1.165) is 21.5 Å². The lowest BCUT2D eigenvalue weighted by molar-refractivity contribution is -0.145. The van der Waals surface area contributed by atoms with Gasteiger partial charge in [-0.05, 0) is 36.2 Å². The standard InChI is InChI=1S/C22H18N2O5S/c25-20-12-15(23-22-24(20)16-3-1-2-4-19(16)30-22)13-29-21(26)8-6-14-5-7-17-18(11-14)28-10-9-27-17/h1-5,7,11-12H,6,8-10,13H2. The molecule has 0 radical (unpaired) electrons. The molecule has 3 heterocycles. The first kappa shape index (κ1) is 18.6. The molecule has 0 atom stereocenters. The Morgan fingerprint density at radius 3 is 2.83 bits per heavy atom. The summed E-state index contributed by atoms with van der Waals surface area (Å²) in [6.45, 7) is 1.04. The van der Waals surface area contributed by atoms with Gasteiger partial charge in [-0.25, -0.2) is 4.98 Å². The number of nitrogens with zero attached hydrogens (tertiary/aromatic N) is 2. The van der Waals surface area contributed by atoms with Crippen molar-refractivity contribution in [3.63, 3.8) is 0 Å². The van der Waals surface area contributed by atoms with Crippen LogP contribution in [-0.4, -0.2) is 28.6 Å². The average Bonchev–Trinajstić information content (AvgIpc) is 3.15. The van der Waals surface area contributed by atoms with E-state index >= 15 is 0 Å². The summed E-state index contributed by atoms with van der Waals surface area (Å²) in [6, 6.07) is 14.7. The summed E-state index contributed by atoms with van der Waals surface area (Å²) in [5.74, 6) is 1.08. The maximum atomic E-state index is 12.5. The molecule has 1 aliphatic heterocycles. The molecular formula is C22H18N2O5S. The minimum absolute atomic E-state index is 0.0278. The Hall–Kier alpha value is -3.39. The molecule has 0 fully saturated rings. The fourth-order valence-electron chi connectivity index (χ4n) is 3.41. The quantitative estimate of drug-likeness (QED) is 0.459. The Labute approximate surface area is 175 Å². The van der Waals surface area contributed by atoms with Crippen molar-refractivity contribution in [2.24, 2.45) is 0 Å². The second kappa shape index (κ2) is 7.79. The highest BCUT2D eigenvalue weighted by Gasteiger charge is 2.14. The number of aryl methyl sites for hydroxylation is 1. The van der Waals surface area contributed by atoms with E-state index in [1.807, 2.05) is 42.5 Å². The maximum Gasteiger partial charge on any atom is 0.306 e. The molecule has 0 saturated heterocycles. The molecule has 8 heteroatoms. The van der Waals surface area contributed by atoms with Crippen LogP contribution in [-0.2, 0) is 22.6 Å². The number of rotatable bonds is 5. The van der Waals surface area contributed by atoms with Crippen molar-refractivity contribution in [3.8, 4) is 11.5 Å². The molecule has 2 aromatic carbocycles. The highest BCUT2D eigenvalue weighted by Crippen LogP contribution is 2.31. The summed E-state index contributed by atoms with van der Waals surface area (Å²) in [6.07, 6.45) is 0.755. The number of carbonyl (C=O) groups is 1. The summed E-state index contributed by atoms with van der Waals surface area (Å²) < 4.78 is 19.0. The van der Waals surface area contributed by atoms with Crippen molar-refractivity contribution in [2.45, 2.75) is 19.4 Å². The van der Waals surface area contributed by atoms with E-state index in [2.05, 4.69) is 4.98 Å². The zero-order valence-electron chi connectivity index (χ0n) is 16.0. The zero-order valence-corrected chi connectivity index (χ0v) is 16.8. The first-order chi connectivity index (χ1) is 14.7. The van der Waals surface area contributed by atoms with Crippen LogP contribution >= 0.6 is 11.3 Å². The van der Waals surface area contributed by atoms with Crippen LogP contribution < -0.4 is 15.0 Å². The third-order valence-electron chi connectivity index (χ3n) is 4.85. The van der Waals surface area contributed by atoms with Crippen molar-refractivity contribution in [2.75, 3.05) is 13.2 Å². The number of fused-ring (bicyclic) bond motifs is 4. The predicted molar refractivity (Wildman–Crippen MR) is 112 cm³/mol. The van der Waals surface area contributed by atoms with E-state index in [4.69, 9.17) is 14.2 Å². The first-order valence-corrected chi connectivity index (χ1v) is 10.4. The first-order valence-electron chi connectivity index (χ1n) is 9.62. The fraction of sp³-hybridized carbons (Fsp3) is 0.227. The number of para-hydroxylation sites is 1. The van der Waals surface area contributed by atoms with Gasteiger partial charge in [-0.1, -0.05) is 29.5 Å². The third kappa shape index (κ3) is 3.61. The second-order valence-corrected chi connectivity index (χ2v) is 7.92. The van der Waals surface area contributed by atoms with Gasteiger partial charge in [0.25, 0.3) is 5.56 Å². The largest absolute Gasteiger partial charge is 0.486 e. The Morgan fingerprint density at radius 2 is 1.93 bits per heavy atom. The Bertz CT molecular complexity index is 1310. The van der Waals surface area contributed by atoms with Crippen LogP contribution in [0, 0.1) is 0 Å². The number of ether oxygens (including phenoxy) is 3. The monoisotopic (exact) mass is 422 g/mol. The number of hydrogen-bond acceptors (Lipinski definition) is 7. The van der Waals surface area contributed by atoms with E-state index in [1.165, 1.54) is 17.4 Å². The molecule has 0 amide bonds. The van der Waals surface area contributed by atoms with E-state index in [9.17, 15) is 9.59 Å². The molecule has 0 bridgehead atoms. The van der Waals surface area contributed by atoms with Gasteiger partial charge in [-0.2, -0.15) is 0 Å². The van der Waals surface area contributed by atoms with Crippen LogP contribution in [0.4, 0.5) is 0 Å². The summed E-state index contributed by atoms with van der Waals surface area (Å²) >= 11 is 1.43. The topological polar surface area (TPSA) is 79.1 Å². The second-order valence-electron chi connectivity index (χ2n) is 6.91. The van der Waals surface area contributed by atoms with Crippen molar-refractivity contribution in [1.29, 1.82) is 0 Å². The van der Waals surface area contributed by atoms with Crippen molar-refractivity contribution in [3.05, 3.63) is 70.1 Å². The lowest BCUT2D eigenvalue weighted by atomic mass is 10.1. The van der Waals surface area contributed by atoms with Gasteiger partial charge in [0.1, 0.15) is 19.8 Å². The van der Waals surface area contributed by atoms with Crippen molar-refractivity contribution in [1.82, 2.24) is 9.38 Å². The number of thiazole rings is 1. The van der Waals surface area contributed by atoms with Crippen molar-refractivity contribution < 1.29 is 19.0 Å². The lowest BCUT2D eigenvalue weighted by Gasteiger charge is -2.18. The van der Waals surface area contributed by atoms with Crippen LogP contribution in [0.2, 0.25) is 0 Å². The predicted octanol–water partition coefficient (Wildman–Crippen LogP) is 3.36. The summed E-state index contributed by atoms with van der Waals surface area (Å²) in [7, 11) is 0. The highest BCUT2D eigenvalue weighted by molar-refractivity contribution is 7.23. The zero-order chi connectivity index (χ0) is 20.5. The molecule has 152 valence electrons. The smallest absolute Gasteiger partial charge is 0.306 e. The van der Waals surface area contributed by atoms with Crippen LogP contribution in [0.5, 0.6) is 11.5 Å². The molecule has 7 nitrogen and oxygen atoms in total. The highest BCUT2D eigenvalue weighted by atomic mass is 32.1. The molecule has 5 rings (SSSR count). The third-order valence-corrected chi connectivity index (χ3v) is 5.88. The summed E-state index contributed by atoms with van der Waals surface area (Å²) in [4.78, 5) is 29.8. The van der Waals surface area contributed by atoms with Gasteiger partial charge in [-0.15, -0.1) is 0 Å². The van der Waals surface area contributed by atoms with Gasteiger partial charge in [0.15, 0.2) is 16.5 Å². The number of esters is 1. The molecular weight excluding hydrogens is 404 g/mol. The number of aromatic nitrogens is 2. The molecule has 0 unspecified atom stereocenters. The molecule has 0 spiro atoms. The van der Waals surface area contributed by atoms with Crippen LogP contribution in [0.1, 0.15) is 17.7 Å². The molecule has 0 saturated carbocycles. The van der Waals surface area contributed by atoms with Gasteiger partial charge < -0.3 is 14.2 Å². The summed E-state index contributed by atoms with van der Waals surface area (Å²) in [5.41, 5.74) is 2.07. The SMILES string of the molecule is O=C(CCc1ccc2c(c1)OCCO2)OCc1cc(=O)n2c(n1)sc1ccccc12. The molecule has 0 N–H and O–H groups in total. The van der Waals surface area contributed by atoms with Crippen molar-refractivity contribution >= 4 is 32.5 Å². The number of carbonyl (C=O) groups excluding carboxylic acids is 1. The number of hydrogen-bond donors (Lipinski definition) is 0. The lowest BCUT2D eigenvalue weighted by Crippen LogP contribution is -2.16. The van der Waals surface area contributed by atoms with Gasteiger partial charge in [0, 0.05) is 12.5 Å². The van der Waals surface area contributed by atoms with Gasteiger partial charge >= 0.3 is 5.97 Å². The van der Waals surface area contributed by atoms with E-state index in [-0.39, 0.29) is 24.6 Å². The average molecular weight is 422 g/mol. The Kier molecular flexibility index (Phi) is 4.84. The Balaban J connectivity index is 1.23. The fourth-order valence-corrected chi connectivity index (χ4v) is 4.46. The van der Waals surface area contributed by atoms with Crippen LogP contribution in [0.3, 0.4) is 0 Å². The minimum atomic E-state index is -0.344. The van der Waals surface area contributed by atoms with E-state index < -0.39 is 0 Å².